The van der Waals surface area contributed by atoms with Crippen LogP contribution in [0.25, 0.3) is 10.9 Å². The molecule has 1 atom stereocenters. The summed E-state index contributed by atoms with van der Waals surface area (Å²) in [5, 5.41) is 6.07. The molecule has 4 aromatic rings. The number of carbonyl (C=O) groups excluding carboxylic acids is 1. The SMILES string of the molecule is CN(Cc1ccccc1)C(=O)c1nn(C)c2c1C[C@H](N1CCc3c([nH]c4ccccc34)C1)CC2. The maximum atomic E-state index is 13.4. The Morgan fingerprint density at radius 1 is 1.09 bits per heavy atom. The van der Waals surface area contributed by atoms with Gasteiger partial charge in [-0.3, -0.25) is 14.4 Å². The van der Waals surface area contributed by atoms with Gasteiger partial charge in [-0.05, 0) is 42.9 Å². The molecule has 0 radical (unpaired) electrons. The third-order valence-electron chi connectivity index (χ3n) is 7.67. The van der Waals surface area contributed by atoms with E-state index in [4.69, 9.17) is 5.10 Å². The van der Waals surface area contributed by atoms with Crippen molar-refractivity contribution in [1.82, 2.24) is 24.6 Å². The van der Waals surface area contributed by atoms with Gasteiger partial charge in [0.25, 0.3) is 5.91 Å². The molecule has 2 aliphatic rings. The predicted molar refractivity (Wildman–Crippen MR) is 134 cm³/mol. The number of hydrogen-bond acceptors (Lipinski definition) is 3. The maximum Gasteiger partial charge on any atom is 0.274 e. The van der Waals surface area contributed by atoms with Crippen molar-refractivity contribution in [2.24, 2.45) is 7.05 Å². The summed E-state index contributed by atoms with van der Waals surface area (Å²) < 4.78 is 1.93. The van der Waals surface area contributed by atoms with Crippen LogP contribution in [0.15, 0.2) is 54.6 Å². The monoisotopic (exact) mass is 453 g/mol. The van der Waals surface area contributed by atoms with E-state index in [1.807, 2.05) is 37.0 Å². The van der Waals surface area contributed by atoms with Crippen LogP contribution in [0.4, 0.5) is 0 Å². The third kappa shape index (κ3) is 3.62. The van der Waals surface area contributed by atoms with Gasteiger partial charge in [0.2, 0.25) is 0 Å². The number of fused-ring (bicyclic) bond motifs is 4. The summed E-state index contributed by atoms with van der Waals surface area (Å²) >= 11 is 0. The van der Waals surface area contributed by atoms with Crippen molar-refractivity contribution >= 4 is 16.8 Å². The van der Waals surface area contributed by atoms with Gasteiger partial charge in [-0.25, -0.2) is 0 Å². The fourth-order valence-electron chi connectivity index (χ4n) is 5.89. The van der Waals surface area contributed by atoms with Gasteiger partial charge in [0.05, 0.1) is 0 Å². The maximum absolute atomic E-state index is 13.4. The number of para-hydroxylation sites is 1. The van der Waals surface area contributed by atoms with E-state index >= 15 is 0 Å². The van der Waals surface area contributed by atoms with Gasteiger partial charge in [0.15, 0.2) is 5.69 Å². The van der Waals surface area contributed by atoms with Gasteiger partial charge in [-0.2, -0.15) is 5.10 Å². The first-order valence-electron chi connectivity index (χ1n) is 12.2. The highest BCUT2D eigenvalue weighted by atomic mass is 16.2. The lowest BCUT2D eigenvalue weighted by atomic mass is 9.88. The fourth-order valence-corrected chi connectivity index (χ4v) is 5.89. The first-order valence-corrected chi connectivity index (χ1v) is 12.2. The summed E-state index contributed by atoms with van der Waals surface area (Å²) in [6.07, 6.45) is 4.03. The van der Waals surface area contributed by atoms with Gasteiger partial charge < -0.3 is 9.88 Å². The van der Waals surface area contributed by atoms with Gasteiger partial charge in [0.1, 0.15) is 0 Å². The van der Waals surface area contributed by atoms with Crippen LogP contribution >= 0.6 is 0 Å². The summed E-state index contributed by atoms with van der Waals surface area (Å²) in [6, 6.07) is 19.2. The first kappa shape index (κ1) is 21.2. The molecular weight excluding hydrogens is 422 g/mol. The molecule has 0 saturated heterocycles. The molecule has 6 rings (SSSR count). The van der Waals surface area contributed by atoms with Crippen LogP contribution in [0.5, 0.6) is 0 Å². The highest BCUT2D eigenvalue weighted by Gasteiger charge is 2.33. The number of amides is 1. The van der Waals surface area contributed by atoms with Gasteiger partial charge in [-0.15, -0.1) is 0 Å². The number of rotatable bonds is 4. The van der Waals surface area contributed by atoms with Crippen molar-refractivity contribution in [2.75, 3.05) is 13.6 Å². The van der Waals surface area contributed by atoms with Gasteiger partial charge >= 0.3 is 0 Å². The Bertz CT molecular complexity index is 1350. The second kappa shape index (κ2) is 8.44. The molecule has 0 fully saturated rings. The van der Waals surface area contributed by atoms with Gasteiger partial charge in [-0.1, -0.05) is 48.5 Å². The molecule has 1 N–H and O–H groups in total. The van der Waals surface area contributed by atoms with Crippen LogP contribution in [0, 0.1) is 0 Å². The zero-order valence-electron chi connectivity index (χ0n) is 19.9. The Morgan fingerprint density at radius 3 is 2.74 bits per heavy atom. The second-order valence-electron chi connectivity index (χ2n) is 9.79. The average molecular weight is 454 g/mol. The Labute approximate surface area is 200 Å². The zero-order valence-corrected chi connectivity index (χ0v) is 19.9. The van der Waals surface area contributed by atoms with Crippen molar-refractivity contribution in [3.8, 4) is 0 Å². The van der Waals surface area contributed by atoms with E-state index in [1.54, 1.807) is 4.90 Å². The molecule has 6 nitrogen and oxygen atoms in total. The fraction of sp³-hybridized carbons (Fsp3) is 0.357. The topological polar surface area (TPSA) is 57.2 Å². The lowest BCUT2D eigenvalue weighted by Crippen LogP contribution is -2.42. The molecule has 0 saturated carbocycles. The molecule has 1 amide bonds. The van der Waals surface area contributed by atoms with Crippen LogP contribution < -0.4 is 0 Å². The number of aromatic amines is 1. The molecular formula is C28H31N5O. The molecule has 34 heavy (non-hydrogen) atoms. The Hall–Kier alpha value is -3.38. The summed E-state index contributed by atoms with van der Waals surface area (Å²) in [5.74, 6) is 0.0119. The normalized spacial score (nSPS) is 18.0. The molecule has 2 aromatic heterocycles. The summed E-state index contributed by atoms with van der Waals surface area (Å²) in [4.78, 5) is 21.5. The predicted octanol–water partition coefficient (Wildman–Crippen LogP) is 4.09. The minimum absolute atomic E-state index is 0.0119. The number of aryl methyl sites for hydroxylation is 1. The lowest BCUT2D eigenvalue weighted by Gasteiger charge is -2.37. The van der Waals surface area contributed by atoms with Crippen LogP contribution in [-0.4, -0.2) is 50.1 Å². The Kier molecular flexibility index (Phi) is 5.26. The van der Waals surface area contributed by atoms with Crippen molar-refractivity contribution in [3.63, 3.8) is 0 Å². The number of nitrogens with one attached hydrogen (secondary N) is 1. The highest BCUT2D eigenvalue weighted by Crippen LogP contribution is 2.33. The molecule has 2 aromatic carbocycles. The van der Waals surface area contributed by atoms with Crippen LogP contribution in [-0.2, 0) is 39.4 Å². The van der Waals surface area contributed by atoms with Crippen molar-refractivity contribution in [1.29, 1.82) is 0 Å². The zero-order chi connectivity index (χ0) is 23.2. The van der Waals surface area contributed by atoms with Gasteiger partial charge in [0, 0.05) is 67.6 Å². The third-order valence-corrected chi connectivity index (χ3v) is 7.67. The number of H-pyrrole nitrogens is 1. The standard InChI is InChI=1S/C28H31N5O/c1-31(17-19-8-4-3-5-9-19)28(34)27-23-16-20(12-13-26(23)32(2)30-27)33-15-14-22-21-10-6-7-11-24(21)29-25(22)18-33/h3-11,20,29H,12-18H2,1-2H3/t20-/m1/s1. The van der Waals surface area contributed by atoms with E-state index in [0.717, 1.165) is 49.9 Å². The Balaban J connectivity index is 1.22. The second-order valence-corrected chi connectivity index (χ2v) is 9.79. The molecule has 3 heterocycles. The number of carbonyl (C=O) groups is 1. The molecule has 0 spiro atoms. The quantitative estimate of drug-likeness (QED) is 0.506. The first-order chi connectivity index (χ1) is 16.6. The van der Waals surface area contributed by atoms with Crippen molar-refractivity contribution < 1.29 is 4.79 Å². The van der Waals surface area contributed by atoms with Crippen molar-refractivity contribution in [2.45, 2.75) is 44.8 Å². The summed E-state index contributed by atoms with van der Waals surface area (Å²) in [7, 11) is 3.85. The summed E-state index contributed by atoms with van der Waals surface area (Å²) in [6.45, 7) is 2.59. The Morgan fingerprint density at radius 2 is 1.88 bits per heavy atom. The van der Waals surface area contributed by atoms with E-state index in [9.17, 15) is 4.79 Å². The number of nitrogens with zero attached hydrogens (tertiary/aromatic N) is 4. The largest absolute Gasteiger partial charge is 0.357 e. The number of aromatic nitrogens is 3. The number of benzene rings is 2. The molecule has 1 aliphatic carbocycles. The van der Waals surface area contributed by atoms with Crippen LogP contribution in [0.2, 0.25) is 0 Å². The molecule has 1 aliphatic heterocycles. The molecule has 0 unspecified atom stereocenters. The summed E-state index contributed by atoms with van der Waals surface area (Å²) in [5.41, 5.74) is 8.18. The van der Waals surface area contributed by atoms with Crippen LogP contribution in [0.1, 0.15) is 45.0 Å². The van der Waals surface area contributed by atoms with Crippen LogP contribution in [0.3, 0.4) is 0 Å². The van der Waals surface area contributed by atoms with E-state index < -0.39 is 0 Å². The molecule has 174 valence electrons. The minimum atomic E-state index is 0.0119. The van der Waals surface area contributed by atoms with E-state index in [1.165, 1.54) is 27.9 Å². The van der Waals surface area contributed by atoms with Crippen molar-refractivity contribution in [3.05, 3.63) is 88.4 Å². The average Bonchev–Trinajstić information content (AvgIpc) is 3.41. The molecule has 0 bridgehead atoms. The van der Waals surface area contributed by atoms with E-state index in [0.29, 0.717) is 18.3 Å². The lowest BCUT2D eigenvalue weighted by molar-refractivity contribution is 0.0776. The number of hydrogen-bond donors (Lipinski definition) is 1. The minimum Gasteiger partial charge on any atom is -0.357 e. The smallest absolute Gasteiger partial charge is 0.274 e. The van der Waals surface area contributed by atoms with E-state index in [-0.39, 0.29) is 5.91 Å². The molecule has 6 heteroatoms. The highest BCUT2D eigenvalue weighted by molar-refractivity contribution is 5.94. The van der Waals surface area contributed by atoms with E-state index in [2.05, 4.69) is 46.3 Å².